The fourth-order valence-electron chi connectivity index (χ4n) is 3.81. The first kappa shape index (κ1) is 16.9. The van der Waals surface area contributed by atoms with E-state index in [1.807, 2.05) is 31.3 Å². The minimum Gasteiger partial charge on any atom is -0.361 e. The maximum Gasteiger partial charge on any atom is 0.257 e. The van der Waals surface area contributed by atoms with Crippen LogP contribution in [0.25, 0.3) is 5.57 Å². The van der Waals surface area contributed by atoms with Gasteiger partial charge in [-0.05, 0) is 62.2 Å². The van der Waals surface area contributed by atoms with Crippen LogP contribution in [0.1, 0.15) is 36.0 Å². The second-order valence-electron chi connectivity index (χ2n) is 7.19. The number of piperidine rings is 1. The van der Waals surface area contributed by atoms with Crippen LogP contribution >= 0.6 is 0 Å². The maximum absolute atomic E-state index is 12.3. The van der Waals surface area contributed by atoms with Crippen molar-refractivity contribution < 1.29 is 4.79 Å². The summed E-state index contributed by atoms with van der Waals surface area (Å²) in [6.07, 6.45) is 5.81. The summed E-state index contributed by atoms with van der Waals surface area (Å²) in [5.74, 6) is -0.0523. The van der Waals surface area contributed by atoms with Gasteiger partial charge >= 0.3 is 0 Å². The van der Waals surface area contributed by atoms with Crippen LogP contribution < -0.4 is 10.6 Å². The summed E-state index contributed by atoms with van der Waals surface area (Å²) in [7, 11) is 0. The highest BCUT2D eigenvalue weighted by molar-refractivity contribution is 6.32. The fourth-order valence-corrected chi connectivity index (χ4v) is 3.81. The third-order valence-corrected chi connectivity index (χ3v) is 5.23. The summed E-state index contributed by atoms with van der Waals surface area (Å²) in [5, 5.41) is 6.21. The molecule has 26 heavy (non-hydrogen) atoms. The molecule has 4 rings (SSSR count). The molecule has 4 nitrogen and oxygen atoms in total. The van der Waals surface area contributed by atoms with Gasteiger partial charge in [-0.15, -0.1) is 0 Å². The molecular weight excluding hydrogens is 322 g/mol. The summed E-state index contributed by atoms with van der Waals surface area (Å²) in [6.45, 7) is 5.47. The zero-order valence-electron chi connectivity index (χ0n) is 15.2. The van der Waals surface area contributed by atoms with Crippen LogP contribution in [0.15, 0.2) is 48.7 Å². The molecule has 134 valence electrons. The van der Waals surface area contributed by atoms with Crippen molar-refractivity contribution in [3.05, 3.63) is 65.4 Å². The van der Waals surface area contributed by atoms with Gasteiger partial charge < -0.3 is 10.6 Å². The number of amides is 1. The van der Waals surface area contributed by atoms with Crippen molar-refractivity contribution in [1.82, 2.24) is 4.90 Å². The Labute approximate surface area is 154 Å². The van der Waals surface area contributed by atoms with Crippen LogP contribution in [0.4, 0.5) is 11.4 Å². The Kier molecular flexibility index (Phi) is 4.76. The number of likely N-dealkylation sites (tertiary alicyclic amines) is 1. The molecule has 0 aliphatic carbocycles. The monoisotopic (exact) mass is 347 g/mol. The van der Waals surface area contributed by atoms with Crippen molar-refractivity contribution in [2.45, 2.75) is 32.7 Å². The molecule has 1 saturated heterocycles. The number of fused-ring (bicyclic) bond motifs is 1. The van der Waals surface area contributed by atoms with E-state index in [1.165, 1.54) is 37.9 Å². The van der Waals surface area contributed by atoms with E-state index in [4.69, 9.17) is 0 Å². The Morgan fingerprint density at radius 3 is 2.62 bits per heavy atom. The minimum atomic E-state index is -0.0523. The molecule has 0 radical (unpaired) electrons. The van der Waals surface area contributed by atoms with Gasteiger partial charge in [0.05, 0.1) is 5.57 Å². The highest BCUT2D eigenvalue weighted by atomic mass is 16.2. The molecule has 2 aromatic rings. The number of rotatable bonds is 4. The second-order valence-corrected chi connectivity index (χ2v) is 7.19. The van der Waals surface area contributed by atoms with Gasteiger partial charge in [-0.25, -0.2) is 0 Å². The lowest BCUT2D eigenvalue weighted by Gasteiger charge is -2.26. The molecule has 0 spiro atoms. The Morgan fingerprint density at radius 2 is 1.85 bits per heavy atom. The topological polar surface area (TPSA) is 44.4 Å². The van der Waals surface area contributed by atoms with Crippen LogP contribution in [0.2, 0.25) is 0 Å². The maximum atomic E-state index is 12.3. The SMILES string of the molecule is Cc1cccc2c1/C(=C/Nc1ccc(CN3CCCCC3)cc1)C(=O)N2. The van der Waals surface area contributed by atoms with Crippen molar-refractivity contribution in [2.24, 2.45) is 0 Å². The summed E-state index contributed by atoms with van der Waals surface area (Å²) >= 11 is 0. The molecule has 0 aromatic heterocycles. The smallest absolute Gasteiger partial charge is 0.257 e. The van der Waals surface area contributed by atoms with E-state index in [9.17, 15) is 4.79 Å². The first-order valence-electron chi connectivity index (χ1n) is 9.40. The number of benzene rings is 2. The minimum absolute atomic E-state index is 0.0523. The molecule has 2 aliphatic heterocycles. The average molecular weight is 347 g/mol. The van der Waals surface area contributed by atoms with Gasteiger partial charge in [-0.3, -0.25) is 9.69 Å². The summed E-state index contributed by atoms with van der Waals surface area (Å²) < 4.78 is 0. The third kappa shape index (κ3) is 3.51. The zero-order valence-corrected chi connectivity index (χ0v) is 15.2. The lowest BCUT2D eigenvalue weighted by molar-refractivity contribution is -0.110. The van der Waals surface area contributed by atoms with Crippen molar-refractivity contribution >= 4 is 22.9 Å². The number of nitrogens with one attached hydrogen (secondary N) is 2. The predicted octanol–water partition coefficient (Wildman–Crippen LogP) is 4.39. The number of aryl methyl sites for hydroxylation is 1. The molecule has 4 heteroatoms. The molecule has 2 aromatic carbocycles. The van der Waals surface area contributed by atoms with E-state index >= 15 is 0 Å². The van der Waals surface area contributed by atoms with E-state index in [0.29, 0.717) is 5.57 Å². The Bertz CT molecular complexity index is 833. The van der Waals surface area contributed by atoms with Crippen LogP contribution in [-0.4, -0.2) is 23.9 Å². The summed E-state index contributed by atoms with van der Waals surface area (Å²) in [6, 6.07) is 14.4. The molecule has 0 saturated carbocycles. The van der Waals surface area contributed by atoms with Crippen LogP contribution in [0.3, 0.4) is 0 Å². The standard InChI is InChI=1S/C22H25N3O/c1-16-6-5-7-20-21(16)19(22(26)24-20)14-23-18-10-8-17(9-11-18)15-25-12-3-2-4-13-25/h5-11,14,23H,2-4,12-13,15H2,1H3,(H,24,26)/b19-14-. The van der Waals surface area contributed by atoms with Gasteiger partial charge in [-0.2, -0.15) is 0 Å². The molecule has 2 aliphatic rings. The Morgan fingerprint density at radius 1 is 1.08 bits per heavy atom. The number of nitrogens with zero attached hydrogens (tertiary/aromatic N) is 1. The number of hydrogen-bond donors (Lipinski definition) is 2. The Hall–Kier alpha value is -2.59. The molecule has 2 N–H and O–H groups in total. The number of hydrogen-bond acceptors (Lipinski definition) is 3. The summed E-state index contributed by atoms with van der Waals surface area (Å²) in [4.78, 5) is 14.8. The van der Waals surface area contributed by atoms with Crippen molar-refractivity contribution in [2.75, 3.05) is 23.7 Å². The molecule has 0 bridgehead atoms. The van der Waals surface area contributed by atoms with Gasteiger partial charge in [0.2, 0.25) is 0 Å². The van der Waals surface area contributed by atoms with E-state index in [-0.39, 0.29) is 5.91 Å². The second kappa shape index (κ2) is 7.34. The number of anilines is 2. The highest BCUT2D eigenvalue weighted by Gasteiger charge is 2.25. The first-order valence-corrected chi connectivity index (χ1v) is 9.40. The van der Waals surface area contributed by atoms with E-state index in [0.717, 1.165) is 29.0 Å². The normalized spacial score (nSPS) is 18.7. The van der Waals surface area contributed by atoms with Gasteiger partial charge in [0.1, 0.15) is 0 Å². The average Bonchev–Trinajstić information content (AvgIpc) is 2.98. The quantitative estimate of drug-likeness (QED) is 0.807. The molecule has 0 atom stereocenters. The molecular formula is C22H25N3O. The van der Waals surface area contributed by atoms with Crippen LogP contribution in [-0.2, 0) is 11.3 Å². The molecule has 1 amide bonds. The fraction of sp³-hybridized carbons (Fsp3) is 0.318. The predicted molar refractivity (Wildman–Crippen MR) is 107 cm³/mol. The van der Waals surface area contributed by atoms with Crippen molar-refractivity contribution in [3.63, 3.8) is 0 Å². The van der Waals surface area contributed by atoms with Crippen LogP contribution in [0, 0.1) is 6.92 Å². The molecule has 1 fully saturated rings. The van der Waals surface area contributed by atoms with E-state index in [1.54, 1.807) is 0 Å². The third-order valence-electron chi connectivity index (χ3n) is 5.23. The van der Waals surface area contributed by atoms with Gasteiger partial charge in [-0.1, -0.05) is 30.7 Å². The van der Waals surface area contributed by atoms with Gasteiger partial charge in [0.25, 0.3) is 5.91 Å². The molecule has 0 unspecified atom stereocenters. The van der Waals surface area contributed by atoms with E-state index < -0.39 is 0 Å². The number of carbonyl (C=O) groups excluding carboxylic acids is 1. The highest BCUT2D eigenvalue weighted by Crippen LogP contribution is 2.34. The first-order chi connectivity index (χ1) is 12.7. The molecule has 2 heterocycles. The lowest BCUT2D eigenvalue weighted by atomic mass is 10.0. The van der Waals surface area contributed by atoms with Gasteiger partial charge in [0, 0.05) is 29.7 Å². The largest absolute Gasteiger partial charge is 0.361 e. The van der Waals surface area contributed by atoms with Crippen molar-refractivity contribution in [3.8, 4) is 0 Å². The number of carbonyl (C=O) groups is 1. The van der Waals surface area contributed by atoms with Crippen molar-refractivity contribution in [1.29, 1.82) is 0 Å². The zero-order chi connectivity index (χ0) is 17.9. The van der Waals surface area contributed by atoms with E-state index in [2.05, 4.69) is 39.8 Å². The van der Waals surface area contributed by atoms with Gasteiger partial charge in [0.15, 0.2) is 0 Å². The Balaban J connectivity index is 1.45. The summed E-state index contributed by atoms with van der Waals surface area (Å²) in [5.41, 5.74) is 6.01. The van der Waals surface area contributed by atoms with Crippen LogP contribution in [0.5, 0.6) is 0 Å². The lowest BCUT2D eigenvalue weighted by Crippen LogP contribution is -2.29.